The maximum Gasteiger partial charge on any atom is 0.139 e. The van der Waals surface area contributed by atoms with Crippen molar-refractivity contribution >= 4 is 6.29 Å². The fraction of sp³-hybridized carbons (Fsp3) is 0.409. The molecule has 4 heteroatoms. The summed E-state index contributed by atoms with van der Waals surface area (Å²) in [4.78, 5) is 11.3. The van der Waals surface area contributed by atoms with Gasteiger partial charge in [-0.1, -0.05) is 23.8 Å². The van der Waals surface area contributed by atoms with Gasteiger partial charge in [-0.2, -0.15) is 0 Å². The van der Waals surface area contributed by atoms with E-state index in [1.54, 1.807) is 7.11 Å². The SMILES string of the molecule is COC1=CC2C=C(OC3=CC=C4CCC(N)(C=O)CC4C3)C=CC2C=C1. The predicted octanol–water partition coefficient (Wildman–Crippen LogP) is 3.70. The van der Waals surface area contributed by atoms with Crippen molar-refractivity contribution in [2.45, 2.75) is 31.2 Å². The van der Waals surface area contributed by atoms with Crippen LogP contribution in [0.25, 0.3) is 0 Å². The number of fused-ring (bicyclic) bond motifs is 2. The molecule has 136 valence electrons. The van der Waals surface area contributed by atoms with Crippen LogP contribution in [0.1, 0.15) is 25.7 Å². The first-order valence-electron chi connectivity index (χ1n) is 9.25. The second kappa shape index (κ2) is 6.76. The zero-order valence-corrected chi connectivity index (χ0v) is 15.1. The maximum absolute atomic E-state index is 11.3. The molecular formula is C22H25NO3. The molecule has 0 aromatic rings. The molecule has 0 aliphatic heterocycles. The zero-order chi connectivity index (χ0) is 18.1. The Morgan fingerprint density at radius 1 is 1.15 bits per heavy atom. The lowest BCUT2D eigenvalue weighted by molar-refractivity contribution is -0.113. The first kappa shape index (κ1) is 17.1. The van der Waals surface area contributed by atoms with Crippen LogP contribution in [0.2, 0.25) is 0 Å². The Morgan fingerprint density at radius 3 is 2.69 bits per heavy atom. The molecule has 0 saturated heterocycles. The summed E-state index contributed by atoms with van der Waals surface area (Å²) in [6, 6.07) is 0. The third-order valence-corrected chi connectivity index (χ3v) is 5.80. The van der Waals surface area contributed by atoms with E-state index in [1.165, 1.54) is 5.57 Å². The van der Waals surface area contributed by atoms with Gasteiger partial charge in [-0.15, -0.1) is 0 Å². The van der Waals surface area contributed by atoms with E-state index in [1.807, 2.05) is 12.2 Å². The highest BCUT2D eigenvalue weighted by Crippen LogP contribution is 2.41. The number of ether oxygens (including phenoxy) is 2. The number of nitrogens with two attached hydrogens (primary N) is 1. The van der Waals surface area contributed by atoms with Gasteiger partial charge in [-0.05, 0) is 55.6 Å². The molecule has 4 unspecified atom stereocenters. The Hall–Kier alpha value is -2.33. The molecule has 4 aliphatic carbocycles. The van der Waals surface area contributed by atoms with Gasteiger partial charge < -0.3 is 20.0 Å². The highest BCUT2D eigenvalue weighted by Gasteiger charge is 2.36. The predicted molar refractivity (Wildman–Crippen MR) is 101 cm³/mol. The standard InChI is InChI=1S/C22H25NO3/c1-25-19-5-2-15-3-6-20(11-17(15)10-19)26-21-7-4-16-8-9-22(23,14-24)13-18(16)12-21/h2-7,10-11,14-15,17-18H,8-9,12-13,23H2,1H3. The largest absolute Gasteiger partial charge is 0.497 e. The number of aldehydes is 1. The van der Waals surface area contributed by atoms with Gasteiger partial charge >= 0.3 is 0 Å². The summed E-state index contributed by atoms with van der Waals surface area (Å²) in [5.41, 5.74) is 6.90. The van der Waals surface area contributed by atoms with E-state index in [-0.39, 0.29) is 5.92 Å². The number of methoxy groups -OCH3 is 1. The van der Waals surface area contributed by atoms with Gasteiger partial charge in [0.1, 0.15) is 23.6 Å². The smallest absolute Gasteiger partial charge is 0.139 e. The molecule has 1 fully saturated rings. The van der Waals surface area contributed by atoms with Gasteiger partial charge in [-0.25, -0.2) is 0 Å². The van der Waals surface area contributed by atoms with Crippen molar-refractivity contribution in [3.8, 4) is 0 Å². The summed E-state index contributed by atoms with van der Waals surface area (Å²) < 4.78 is 11.5. The molecule has 0 aromatic carbocycles. The molecule has 4 atom stereocenters. The minimum absolute atomic E-state index is 0.256. The van der Waals surface area contributed by atoms with Crippen molar-refractivity contribution in [3.63, 3.8) is 0 Å². The van der Waals surface area contributed by atoms with E-state index >= 15 is 0 Å². The number of carbonyl (C=O) groups excluding carboxylic acids is 1. The zero-order valence-electron chi connectivity index (χ0n) is 15.1. The molecule has 1 saturated carbocycles. The second-order valence-corrected chi connectivity index (χ2v) is 7.65. The molecule has 4 aliphatic rings. The Balaban J connectivity index is 1.46. The molecule has 0 heterocycles. The molecule has 0 aromatic heterocycles. The molecule has 4 nitrogen and oxygen atoms in total. The lowest BCUT2D eigenvalue weighted by Gasteiger charge is -2.37. The lowest BCUT2D eigenvalue weighted by atomic mass is 9.71. The number of rotatable bonds is 4. The van der Waals surface area contributed by atoms with Crippen LogP contribution in [-0.2, 0) is 14.3 Å². The second-order valence-electron chi connectivity index (χ2n) is 7.65. The minimum atomic E-state index is -0.683. The fourth-order valence-corrected chi connectivity index (χ4v) is 4.24. The Kier molecular flexibility index (Phi) is 4.45. The van der Waals surface area contributed by atoms with Crippen molar-refractivity contribution in [2.24, 2.45) is 23.5 Å². The Morgan fingerprint density at radius 2 is 1.92 bits per heavy atom. The summed E-state index contributed by atoms with van der Waals surface area (Å²) in [6.45, 7) is 0. The number of hydrogen-bond acceptors (Lipinski definition) is 4. The highest BCUT2D eigenvalue weighted by atomic mass is 16.5. The quantitative estimate of drug-likeness (QED) is 0.785. The molecule has 0 radical (unpaired) electrons. The summed E-state index contributed by atoms with van der Waals surface area (Å²) in [7, 11) is 1.69. The topological polar surface area (TPSA) is 61.6 Å². The molecule has 26 heavy (non-hydrogen) atoms. The maximum atomic E-state index is 11.3. The highest BCUT2D eigenvalue weighted by molar-refractivity contribution is 5.64. The first-order chi connectivity index (χ1) is 12.6. The van der Waals surface area contributed by atoms with E-state index in [2.05, 4.69) is 36.5 Å². The van der Waals surface area contributed by atoms with Gasteiger partial charge in [-0.3, -0.25) is 0 Å². The average molecular weight is 351 g/mol. The van der Waals surface area contributed by atoms with Gasteiger partial charge in [0.2, 0.25) is 0 Å². The van der Waals surface area contributed by atoms with Gasteiger partial charge in [0, 0.05) is 18.3 Å². The van der Waals surface area contributed by atoms with Crippen LogP contribution in [0.3, 0.4) is 0 Å². The van der Waals surface area contributed by atoms with Gasteiger partial charge in [0.25, 0.3) is 0 Å². The van der Waals surface area contributed by atoms with Crippen molar-refractivity contribution in [1.29, 1.82) is 0 Å². The van der Waals surface area contributed by atoms with Crippen molar-refractivity contribution < 1.29 is 14.3 Å². The van der Waals surface area contributed by atoms with Crippen LogP contribution >= 0.6 is 0 Å². The Bertz CT molecular complexity index is 783. The summed E-state index contributed by atoms with van der Waals surface area (Å²) in [5.74, 6) is 3.60. The Labute approximate surface area is 154 Å². The van der Waals surface area contributed by atoms with E-state index in [0.29, 0.717) is 18.3 Å². The normalized spacial score (nSPS) is 35.2. The molecule has 0 amide bonds. The number of carbonyl (C=O) groups is 1. The molecule has 2 N–H and O–H groups in total. The number of hydrogen-bond donors (Lipinski definition) is 1. The van der Waals surface area contributed by atoms with Gasteiger partial charge in [0.15, 0.2) is 0 Å². The molecule has 0 bridgehead atoms. The molecular weight excluding hydrogens is 326 g/mol. The lowest BCUT2D eigenvalue weighted by Crippen LogP contribution is -2.46. The number of allylic oxidation sites excluding steroid dienone is 10. The van der Waals surface area contributed by atoms with Crippen LogP contribution in [0.15, 0.2) is 71.5 Å². The molecule has 0 spiro atoms. The van der Waals surface area contributed by atoms with E-state index in [4.69, 9.17) is 15.2 Å². The fourth-order valence-electron chi connectivity index (χ4n) is 4.24. The van der Waals surface area contributed by atoms with Crippen LogP contribution in [-0.4, -0.2) is 18.9 Å². The van der Waals surface area contributed by atoms with Crippen LogP contribution < -0.4 is 5.73 Å². The summed E-state index contributed by atoms with van der Waals surface area (Å²) >= 11 is 0. The van der Waals surface area contributed by atoms with E-state index < -0.39 is 5.54 Å². The van der Waals surface area contributed by atoms with Crippen LogP contribution in [0.5, 0.6) is 0 Å². The third kappa shape index (κ3) is 3.34. The first-order valence-corrected chi connectivity index (χ1v) is 9.25. The van der Waals surface area contributed by atoms with E-state index in [0.717, 1.165) is 42.8 Å². The summed E-state index contributed by atoms with van der Waals surface area (Å²) in [5, 5.41) is 0. The van der Waals surface area contributed by atoms with Crippen molar-refractivity contribution in [2.75, 3.05) is 7.11 Å². The van der Waals surface area contributed by atoms with E-state index in [9.17, 15) is 4.79 Å². The van der Waals surface area contributed by atoms with Crippen molar-refractivity contribution in [1.82, 2.24) is 0 Å². The molecule has 4 rings (SSSR count). The minimum Gasteiger partial charge on any atom is -0.497 e. The van der Waals surface area contributed by atoms with Crippen molar-refractivity contribution in [3.05, 3.63) is 71.5 Å². The summed E-state index contributed by atoms with van der Waals surface area (Å²) in [6.07, 6.45) is 20.9. The van der Waals surface area contributed by atoms with Crippen LogP contribution in [0, 0.1) is 17.8 Å². The van der Waals surface area contributed by atoms with Gasteiger partial charge in [0.05, 0.1) is 12.6 Å². The monoisotopic (exact) mass is 351 g/mol. The average Bonchev–Trinajstić information content (AvgIpc) is 2.67. The third-order valence-electron chi connectivity index (χ3n) is 5.80. The van der Waals surface area contributed by atoms with Crippen LogP contribution in [0.4, 0.5) is 0 Å².